The van der Waals surface area contributed by atoms with Gasteiger partial charge in [0.2, 0.25) is 11.9 Å². The van der Waals surface area contributed by atoms with E-state index in [0.717, 1.165) is 0 Å². The van der Waals surface area contributed by atoms with Gasteiger partial charge in [0.05, 0.1) is 0 Å². The van der Waals surface area contributed by atoms with Gasteiger partial charge in [-0.25, -0.2) is 14.8 Å². The Bertz CT molecular complexity index is 933. The molecule has 4 amide bonds. The Balaban J connectivity index is 1.35. The van der Waals surface area contributed by atoms with Crippen LogP contribution < -0.4 is 25.6 Å². The third kappa shape index (κ3) is 7.63. The normalized spacial score (nSPS) is 13.2. The first-order chi connectivity index (χ1) is 16.0. The SMILES string of the molecule is CCNC(=O)COc1cccc(NC(=O)NCCC(=O)N2CCN(c3ncccn3)CC2)c1. The number of nitrogens with zero attached hydrogens (tertiary/aromatic N) is 4. The molecule has 0 bridgehead atoms. The molecule has 0 atom stereocenters. The van der Waals surface area contributed by atoms with Crippen LogP contribution in [-0.2, 0) is 9.59 Å². The van der Waals surface area contributed by atoms with Gasteiger partial charge >= 0.3 is 6.03 Å². The van der Waals surface area contributed by atoms with Gasteiger partial charge in [0.25, 0.3) is 5.91 Å². The predicted molar refractivity (Wildman–Crippen MR) is 123 cm³/mol. The number of likely N-dealkylation sites (N-methyl/N-ethyl adjacent to an activating group) is 1. The lowest BCUT2D eigenvalue weighted by Crippen LogP contribution is -2.49. The molecule has 11 nitrogen and oxygen atoms in total. The molecule has 1 aliphatic rings. The van der Waals surface area contributed by atoms with Crippen molar-refractivity contribution >= 4 is 29.5 Å². The molecule has 3 N–H and O–H groups in total. The van der Waals surface area contributed by atoms with Crippen LogP contribution in [0.4, 0.5) is 16.4 Å². The summed E-state index contributed by atoms with van der Waals surface area (Å²) in [5, 5.41) is 8.03. The van der Waals surface area contributed by atoms with Crippen molar-refractivity contribution in [3.05, 3.63) is 42.7 Å². The number of carbonyl (C=O) groups is 3. The second-order valence-electron chi connectivity index (χ2n) is 7.32. The quantitative estimate of drug-likeness (QED) is 0.511. The van der Waals surface area contributed by atoms with Crippen molar-refractivity contribution in [2.45, 2.75) is 13.3 Å². The number of urea groups is 1. The minimum atomic E-state index is -0.422. The molecule has 1 fully saturated rings. The number of amides is 4. The van der Waals surface area contributed by atoms with Crippen molar-refractivity contribution in [2.75, 3.05) is 56.1 Å². The van der Waals surface area contributed by atoms with E-state index in [1.54, 1.807) is 47.6 Å². The fraction of sp³-hybridized carbons (Fsp3) is 0.409. The Morgan fingerprint density at radius 3 is 2.52 bits per heavy atom. The molecule has 3 rings (SSSR count). The van der Waals surface area contributed by atoms with Crippen molar-refractivity contribution in [2.24, 2.45) is 0 Å². The third-order valence-corrected chi connectivity index (χ3v) is 4.93. The van der Waals surface area contributed by atoms with Crippen LogP contribution in [0.2, 0.25) is 0 Å². The number of benzene rings is 1. The lowest BCUT2D eigenvalue weighted by molar-refractivity contribution is -0.131. The molecule has 1 aromatic heterocycles. The molecule has 0 aliphatic carbocycles. The first kappa shape index (κ1) is 23.8. The minimum absolute atomic E-state index is 0.00955. The Hall–Kier alpha value is -3.89. The Kier molecular flexibility index (Phi) is 8.80. The zero-order chi connectivity index (χ0) is 23.5. The van der Waals surface area contributed by atoms with Gasteiger partial charge in [-0.1, -0.05) is 6.07 Å². The number of anilines is 2. The van der Waals surface area contributed by atoms with Gasteiger partial charge in [0.15, 0.2) is 6.61 Å². The predicted octanol–water partition coefficient (Wildman–Crippen LogP) is 0.852. The fourth-order valence-corrected chi connectivity index (χ4v) is 3.29. The molecule has 33 heavy (non-hydrogen) atoms. The van der Waals surface area contributed by atoms with Crippen LogP contribution >= 0.6 is 0 Å². The van der Waals surface area contributed by atoms with Gasteiger partial charge < -0.3 is 30.5 Å². The summed E-state index contributed by atoms with van der Waals surface area (Å²) in [5.41, 5.74) is 0.520. The van der Waals surface area contributed by atoms with E-state index < -0.39 is 6.03 Å². The van der Waals surface area contributed by atoms with Crippen molar-refractivity contribution in [1.29, 1.82) is 0 Å². The van der Waals surface area contributed by atoms with E-state index in [1.165, 1.54) is 0 Å². The summed E-state index contributed by atoms with van der Waals surface area (Å²) in [4.78, 5) is 48.4. The summed E-state index contributed by atoms with van der Waals surface area (Å²) in [6, 6.07) is 8.09. The van der Waals surface area contributed by atoms with Gasteiger partial charge in [-0.3, -0.25) is 9.59 Å². The van der Waals surface area contributed by atoms with E-state index in [-0.39, 0.29) is 31.4 Å². The summed E-state index contributed by atoms with van der Waals surface area (Å²) in [5.74, 6) is 0.911. The van der Waals surface area contributed by atoms with E-state index in [0.29, 0.717) is 50.1 Å². The Morgan fingerprint density at radius 2 is 1.79 bits per heavy atom. The standard InChI is InChI=1S/C22H29N7O4/c1-2-23-19(30)16-33-18-6-3-5-17(15-18)27-22(32)26-10-7-20(31)28-11-13-29(14-12-28)21-24-8-4-9-25-21/h3-6,8-9,15H,2,7,10-14,16H2,1H3,(H,23,30)(H2,26,27,32). The fourth-order valence-electron chi connectivity index (χ4n) is 3.29. The highest BCUT2D eigenvalue weighted by Crippen LogP contribution is 2.17. The molecule has 1 saturated heterocycles. The van der Waals surface area contributed by atoms with Crippen LogP contribution in [0.1, 0.15) is 13.3 Å². The molecule has 0 radical (unpaired) electrons. The lowest BCUT2D eigenvalue weighted by Gasteiger charge is -2.34. The maximum Gasteiger partial charge on any atom is 0.319 e. The molecular weight excluding hydrogens is 426 g/mol. The summed E-state index contributed by atoms with van der Waals surface area (Å²) in [6.07, 6.45) is 3.61. The van der Waals surface area contributed by atoms with Crippen LogP contribution in [0.5, 0.6) is 5.75 Å². The van der Waals surface area contributed by atoms with Crippen LogP contribution in [0.3, 0.4) is 0 Å². The van der Waals surface area contributed by atoms with Gasteiger partial charge in [0, 0.05) is 69.8 Å². The van der Waals surface area contributed by atoms with Gasteiger partial charge in [0.1, 0.15) is 5.75 Å². The zero-order valence-corrected chi connectivity index (χ0v) is 18.6. The molecule has 2 aromatic rings. The van der Waals surface area contributed by atoms with E-state index in [4.69, 9.17) is 4.74 Å². The molecule has 11 heteroatoms. The average molecular weight is 456 g/mol. The first-order valence-corrected chi connectivity index (χ1v) is 10.9. The molecular formula is C22H29N7O4. The van der Waals surface area contributed by atoms with E-state index >= 15 is 0 Å². The zero-order valence-electron chi connectivity index (χ0n) is 18.6. The largest absolute Gasteiger partial charge is 0.484 e. The van der Waals surface area contributed by atoms with Crippen molar-refractivity contribution in [3.8, 4) is 5.75 Å². The highest BCUT2D eigenvalue weighted by molar-refractivity contribution is 5.89. The van der Waals surface area contributed by atoms with Crippen LogP contribution in [0.25, 0.3) is 0 Å². The van der Waals surface area contributed by atoms with Gasteiger partial charge in [-0.15, -0.1) is 0 Å². The summed E-state index contributed by atoms with van der Waals surface area (Å²) in [6.45, 7) is 5.00. The van der Waals surface area contributed by atoms with Crippen LogP contribution in [0, 0.1) is 0 Å². The monoisotopic (exact) mass is 455 g/mol. The smallest absolute Gasteiger partial charge is 0.319 e. The molecule has 0 unspecified atom stereocenters. The van der Waals surface area contributed by atoms with Crippen LogP contribution in [-0.4, -0.2) is 78.6 Å². The topological polar surface area (TPSA) is 129 Å². The average Bonchev–Trinajstić information content (AvgIpc) is 2.84. The summed E-state index contributed by atoms with van der Waals surface area (Å²) >= 11 is 0. The third-order valence-electron chi connectivity index (χ3n) is 4.93. The number of hydrogen-bond donors (Lipinski definition) is 3. The number of piperazine rings is 1. The number of aromatic nitrogens is 2. The Morgan fingerprint density at radius 1 is 1.03 bits per heavy atom. The van der Waals surface area contributed by atoms with Crippen molar-refractivity contribution < 1.29 is 19.1 Å². The van der Waals surface area contributed by atoms with Crippen LogP contribution in [0.15, 0.2) is 42.7 Å². The number of ether oxygens (including phenoxy) is 1. The lowest BCUT2D eigenvalue weighted by atomic mass is 10.3. The molecule has 176 valence electrons. The van der Waals surface area contributed by atoms with Crippen molar-refractivity contribution in [1.82, 2.24) is 25.5 Å². The first-order valence-electron chi connectivity index (χ1n) is 10.9. The minimum Gasteiger partial charge on any atom is -0.484 e. The maximum atomic E-state index is 12.5. The van der Waals surface area contributed by atoms with E-state index in [2.05, 4.69) is 25.9 Å². The second kappa shape index (κ2) is 12.2. The molecule has 0 spiro atoms. The number of nitrogens with one attached hydrogen (secondary N) is 3. The maximum absolute atomic E-state index is 12.5. The number of hydrogen-bond acceptors (Lipinski definition) is 7. The summed E-state index contributed by atoms with van der Waals surface area (Å²) < 4.78 is 5.41. The van der Waals surface area contributed by atoms with Crippen molar-refractivity contribution in [3.63, 3.8) is 0 Å². The second-order valence-corrected chi connectivity index (χ2v) is 7.32. The molecule has 2 heterocycles. The molecule has 1 aromatic carbocycles. The Labute approximate surface area is 192 Å². The molecule has 0 saturated carbocycles. The number of carbonyl (C=O) groups excluding carboxylic acids is 3. The van der Waals surface area contributed by atoms with E-state index in [9.17, 15) is 14.4 Å². The highest BCUT2D eigenvalue weighted by atomic mass is 16.5. The summed E-state index contributed by atoms with van der Waals surface area (Å²) in [7, 11) is 0. The molecule has 1 aliphatic heterocycles. The van der Waals surface area contributed by atoms with E-state index in [1.807, 2.05) is 11.8 Å². The number of rotatable bonds is 9. The van der Waals surface area contributed by atoms with Gasteiger partial charge in [-0.05, 0) is 25.1 Å². The van der Waals surface area contributed by atoms with Gasteiger partial charge in [-0.2, -0.15) is 0 Å². The highest BCUT2D eigenvalue weighted by Gasteiger charge is 2.22.